The Morgan fingerprint density at radius 3 is 2.04 bits per heavy atom. The molecule has 1 N–H and O–H groups in total. The highest BCUT2D eigenvalue weighted by Crippen LogP contribution is 2.20. The van der Waals surface area contributed by atoms with Crippen LogP contribution >= 0.6 is 0 Å². The number of carbonyl (C=O) groups is 1. The molecule has 3 aromatic carbocycles. The van der Waals surface area contributed by atoms with Gasteiger partial charge >= 0.3 is 0 Å². The lowest BCUT2D eigenvalue weighted by Crippen LogP contribution is -2.21. The van der Waals surface area contributed by atoms with Crippen LogP contribution in [-0.2, 0) is 11.3 Å². The lowest BCUT2D eigenvalue weighted by Gasteiger charge is -2.15. The lowest BCUT2D eigenvalue weighted by molar-refractivity contribution is -0.116. The predicted molar refractivity (Wildman–Crippen MR) is 110 cm³/mol. The van der Waals surface area contributed by atoms with Crippen molar-refractivity contribution < 1.29 is 4.79 Å². The molecule has 0 aliphatic heterocycles. The molecule has 0 aliphatic rings. The maximum Gasteiger partial charge on any atom is 0.244 e. The van der Waals surface area contributed by atoms with Crippen LogP contribution in [0.25, 0.3) is 21.8 Å². The van der Waals surface area contributed by atoms with Gasteiger partial charge in [0.1, 0.15) is 6.54 Å². The lowest BCUT2D eigenvalue weighted by atomic mass is 10.1. The molecule has 0 aliphatic carbocycles. The average molecular weight is 356 g/mol. The zero-order valence-corrected chi connectivity index (χ0v) is 15.3. The molecule has 0 bridgehead atoms. The maximum absolute atomic E-state index is 12.8. The third kappa shape index (κ3) is 3.10. The van der Waals surface area contributed by atoms with Gasteiger partial charge < -0.3 is 9.88 Å². The van der Waals surface area contributed by atoms with E-state index >= 15 is 0 Å². The number of anilines is 1. The van der Waals surface area contributed by atoms with Crippen LogP contribution in [-0.4, -0.2) is 10.5 Å². The number of carbonyl (C=O) groups excluding carboxylic acids is 1. The van der Waals surface area contributed by atoms with Crippen LogP contribution in [0.3, 0.4) is 0 Å². The van der Waals surface area contributed by atoms with Crippen LogP contribution in [0.1, 0.15) is 11.1 Å². The average Bonchev–Trinajstić information content (AvgIpc) is 2.68. The van der Waals surface area contributed by atoms with E-state index in [1.54, 1.807) is 0 Å². The Hall–Kier alpha value is -3.40. The van der Waals surface area contributed by atoms with Gasteiger partial charge in [-0.25, -0.2) is 0 Å². The molecular formula is C23H20N2O2. The van der Waals surface area contributed by atoms with E-state index in [9.17, 15) is 9.59 Å². The number of fused-ring (bicyclic) bond motifs is 2. The van der Waals surface area contributed by atoms with Crippen molar-refractivity contribution in [2.24, 2.45) is 0 Å². The molecule has 4 nitrogen and oxygen atoms in total. The van der Waals surface area contributed by atoms with E-state index in [0.717, 1.165) is 22.3 Å². The molecule has 4 heteroatoms. The van der Waals surface area contributed by atoms with Crippen LogP contribution in [0.4, 0.5) is 5.69 Å². The Balaban J connectivity index is 1.78. The van der Waals surface area contributed by atoms with Crippen LogP contribution in [0, 0.1) is 13.8 Å². The molecule has 1 heterocycles. The van der Waals surface area contributed by atoms with Gasteiger partial charge in [-0.1, -0.05) is 30.3 Å². The second-order valence-electron chi connectivity index (χ2n) is 6.80. The molecule has 1 amide bonds. The minimum atomic E-state index is -0.128. The number of aryl methyl sites for hydroxylation is 2. The Kier molecular flexibility index (Phi) is 4.24. The highest BCUT2D eigenvalue weighted by atomic mass is 16.2. The summed E-state index contributed by atoms with van der Waals surface area (Å²) < 4.78 is 1.91. The second-order valence-corrected chi connectivity index (χ2v) is 6.80. The molecule has 0 spiro atoms. The molecule has 0 atom stereocenters. The number of pyridine rings is 1. The van der Waals surface area contributed by atoms with Gasteiger partial charge in [-0.15, -0.1) is 0 Å². The van der Waals surface area contributed by atoms with Crippen molar-refractivity contribution in [1.82, 2.24) is 4.57 Å². The number of hydrogen-bond donors (Lipinski definition) is 1. The van der Waals surface area contributed by atoms with Gasteiger partial charge in [0.15, 0.2) is 5.43 Å². The Morgan fingerprint density at radius 1 is 0.852 bits per heavy atom. The Bertz CT molecular complexity index is 1180. The van der Waals surface area contributed by atoms with Crippen molar-refractivity contribution in [2.45, 2.75) is 20.4 Å². The molecule has 4 rings (SSSR count). The fraction of sp³-hybridized carbons (Fsp3) is 0.130. The second kappa shape index (κ2) is 6.72. The molecule has 0 saturated carbocycles. The number of benzene rings is 3. The first-order chi connectivity index (χ1) is 13.0. The molecule has 134 valence electrons. The van der Waals surface area contributed by atoms with Gasteiger partial charge in [0.25, 0.3) is 0 Å². The summed E-state index contributed by atoms with van der Waals surface area (Å²) in [4.78, 5) is 25.5. The number of aromatic nitrogens is 1. The smallest absolute Gasteiger partial charge is 0.244 e. The molecule has 0 unspecified atom stereocenters. The van der Waals surface area contributed by atoms with Gasteiger partial charge in [-0.05, 0) is 61.4 Å². The minimum absolute atomic E-state index is 0.00739. The zero-order chi connectivity index (χ0) is 19.0. The summed E-state index contributed by atoms with van der Waals surface area (Å²) in [5.74, 6) is -0.128. The number of hydrogen-bond acceptors (Lipinski definition) is 2. The number of rotatable bonds is 3. The summed E-state index contributed by atoms with van der Waals surface area (Å²) in [6.07, 6.45) is 0. The van der Waals surface area contributed by atoms with Crippen LogP contribution in [0.15, 0.2) is 71.5 Å². The van der Waals surface area contributed by atoms with Crippen molar-refractivity contribution in [1.29, 1.82) is 0 Å². The zero-order valence-electron chi connectivity index (χ0n) is 15.3. The van der Waals surface area contributed by atoms with Crippen LogP contribution in [0.2, 0.25) is 0 Å². The molecular weight excluding hydrogens is 336 g/mol. The Morgan fingerprint density at radius 2 is 1.44 bits per heavy atom. The van der Waals surface area contributed by atoms with Crippen LogP contribution in [0.5, 0.6) is 0 Å². The Labute approximate surface area is 157 Å². The predicted octanol–water partition coefficient (Wildman–Crippen LogP) is 4.41. The maximum atomic E-state index is 12.8. The summed E-state index contributed by atoms with van der Waals surface area (Å²) in [6.45, 7) is 4.20. The monoisotopic (exact) mass is 356 g/mol. The first kappa shape index (κ1) is 17.0. The highest BCUT2D eigenvalue weighted by molar-refractivity contribution is 5.97. The summed E-state index contributed by atoms with van der Waals surface area (Å²) >= 11 is 0. The summed E-state index contributed by atoms with van der Waals surface area (Å²) in [5, 5.41) is 4.21. The van der Waals surface area contributed by atoms with Gasteiger partial charge in [0, 0.05) is 16.5 Å². The normalized spacial score (nSPS) is 11.0. The van der Waals surface area contributed by atoms with E-state index in [-0.39, 0.29) is 17.9 Å². The number of nitrogens with one attached hydrogen (secondary N) is 1. The van der Waals surface area contributed by atoms with Gasteiger partial charge in [-0.2, -0.15) is 0 Å². The molecule has 0 saturated heterocycles. The van der Waals surface area contributed by atoms with E-state index in [1.807, 2.05) is 85.1 Å². The quantitative estimate of drug-likeness (QED) is 0.553. The number of nitrogens with zero attached hydrogens (tertiary/aromatic N) is 1. The molecule has 0 fully saturated rings. The van der Waals surface area contributed by atoms with Crippen molar-refractivity contribution in [2.75, 3.05) is 5.32 Å². The molecule has 4 aromatic rings. The summed E-state index contributed by atoms with van der Waals surface area (Å²) in [6, 6.07) is 20.7. The fourth-order valence-corrected chi connectivity index (χ4v) is 3.41. The van der Waals surface area contributed by atoms with Gasteiger partial charge in [-0.3, -0.25) is 9.59 Å². The van der Waals surface area contributed by atoms with Crippen LogP contribution < -0.4 is 10.7 Å². The third-order valence-corrected chi connectivity index (χ3v) is 4.97. The minimum Gasteiger partial charge on any atom is -0.331 e. The number of para-hydroxylation sites is 2. The highest BCUT2D eigenvalue weighted by Gasteiger charge is 2.13. The van der Waals surface area contributed by atoms with Gasteiger partial charge in [0.05, 0.1) is 11.0 Å². The van der Waals surface area contributed by atoms with Crippen molar-refractivity contribution >= 4 is 33.4 Å². The third-order valence-electron chi connectivity index (χ3n) is 4.97. The SMILES string of the molecule is Cc1ccc(NC(=O)Cn2c3ccccc3c(=O)c3ccccc32)cc1C. The topological polar surface area (TPSA) is 51.1 Å². The van der Waals surface area contributed by atoms with Crippen molar-refractivity contribution in [3.05, 3.63) is 88.1 Å². The van der Waals surface area contributed by atoms with Crippen molar-refractivity contribution in [3.8, 4) is 0 Å². The van der Waals surface area contributed by atoms with Gasteiger partial charge in [0.2, 0.25) is 5.91 Å². The molecule has 27 heavy (non-hydrogen) atoms. The first-order valence-corrected chi connectivity index (χ1v) is 8.92. The molecule has 0 radical (unpaired) electrons. The summed E-state index contributed by atoms with van der Waals surface area (Å²) in [7, 11) is 0. The first-order valence-electron chi connectivity index (χ1n) is 8.92. The van der Waals surface area contributed by atoms with E-state index in [1.165, 1.54) is 5.56 Å². The number of amides is 1. The largest absolute Gasteiger partial charge is 0.331 e. The standard InChI is InChI=1S/C23H20N2O2/c1-15-11-12-17(13-16(15)2)24-22(26)14-25-20-9-5-3-7-18(20)23(27)19-8-4-6-10-21(19)25/h3-13H,14H2,1-2H3,(H,24,26). The fourth-order valence-electron chi connectivity index (χ4n) is 3.41. The van der Waals surface area contributed by atoms with Crippen molar-refractivity contribution in [3.63, 3.8) is 0 Å². The van der Waals surface area contributed by atoms with E-state index in [4.69, 9.17) is 0 Å². The van der Waals surface area contributed by atoms with E-state index < -0.39 is 0 Å². The summed E-state index contributed by atoms with van der Waals surface area (Å²) in [5.41, 5.74) is 4.61. The molecule has 1 aromatic heterocycles. The van der Waals surface area contributed by atoms with E-state index in [2.05, 4.69) is 5.32 Å². The van der Waals surface area contributed by atoms with E-state index in [0.29, 0.717) is 10.8 Å².